The van der Waals surface area contributed by atoms with Crippen LogP contribution in [0.2, 0.25) is 0 Å². The lowest BCUT2D eigenvalue weighted by Crippen LogP contribution is -2.29. The fraction of sp³-hybridized carbons (Fsp3) is 0.300. The Hall–Kier alpha value is -2.11. The summed E-state index contributed by atoms with van der Waals surface area (Å²) in [5.41, 5.74) is -0.0383. The highest BCUT2D eigenvalue weighted by Gasteiger charge is 2.10. The molecule has 0 atom stereocenters. The standard InChI is InChI=1S/C10H12N2O4/c1-3-11(2)10(13)16-9-6-4-8(5-7-9)12(14)15/h4-7H,3H2,1-2H3. The molecule has 1 amide bonds. The van der Waals surface area contributed by atoms with E-state index in [0.717, 1.165) is 0 Å². The van der Waals surface area contributed by atoms with Gasteiger partial charge in [-0.2, -0.15) is 0 Å². The molecule has 86 valence electrons. The van der Waals surface area contributed by atoms with Crippen LogP contribution in [0, 0.1) is 10.1 Å². The van der Waals surface area contributed by atoms with Gasteiger partial charge in [0.05, 0.1) is 4.92 Å². The smallest absolute Gasteiger partial charge is 0.410 e. The number of nitro groups is 1. The van der Waals surface area contributed by atoms with Crippen LogP contribution >= 0.6 is 0 Å². The van der Waals surface area contributed by atoms with Gasteiger partial charge in [-0.25, -0.2) is 4.79 Å². The summed E-state index contributed by atoms with van der Waals surface area (Å²) in [6, 6.07) is 5.35. The Morgan fingerprint density at radius 1 is 1.44 bits per heavy atom. The second-order valence-electron chi connectivity index (χ2n) is 3.13. The van der Waals surface area contributed by atoms with Gasteiger partial charge < -0.3 is 9.64 Å². The lowest BCUT2D eigenvalue weighted by molar-refractivity contribution is -0.384. The van der Waals surface area contributed by atoms with Crippen molar-refractivity contribution in [3.63, 3.8) is 0 Å². The monoisotopic (exact) mass is 224 g/mol. The number of hydrogen-bond acceptors (Lipinski definition) is 4. The largest absolute Gasteiger partial charge is 0.414 e. The molecule has 0 saturated heterocycles. The molecule has 0 aliphatic rings. The first kappa shape index (κ1) is 12.0. The van der Waals surface area contributed by atoms with E-state index in [2.05, 4.69) is 0 Å². The molecule has 0 bridgehead atoms. The topological polar surface area (TPSA) is 72.7 Å². The quantitative estimate of drug-likeness (QED) is 0.581. The highest BCUT2D eigenvalue weighted by molar-refractivity contribution is 5.70. The molecule has 16 heavy (non-hydrogen) atoms. The molecule has 6 nitrogen and oxygen atoms in total. The summed E-state index contributed by atoms with van der Waals surface area (Å²) < 4.78 is 4.97. The van der Waals surface area contributed by atoms with Crippen molar-refractivity contribution in [3.05, 3.63) is 34.4 Å². The minimum atomic E-state index is -0.510. The van der Waals surface area contributed by atoms with Gasteiger partial charge in [0, 0.05) is 25.7 Å². The van der Waals surface area contributed by atoms with Gasteiger partial charge in [0.2, 0.25) is 0 Å². The molecule has 0 aliphatic carbocycles. The van der Waals surface area contributed by atoms with Crippen molar-refractivity contribution < 1.29 is 14.5 Å². The van der Waals surface area contributed by atoms with Gasteiger partial charge in [-0.3, -0.25) is 10.1 Å². The van der Waals surface area contributed by atoms with Crippen LogP contribution in [0.5, 0.6) is 5.75 Å². The Labute approximate surface area is 92.6 Å². The minimum absolute atomic E-state index is 0.0383. The number of nitrogens with zero attached hydrogens (tertiary/aromatic N) is 2. The first-order valence-electron chi connectivity index (χ1n) is 4.72. The van der Waals surface area contributed by atoms with Crippen LogP contribution in [-0.2, 0) is 0 Å². The maximum atomic E-state index is 11.3. The minimum Gasteiger partial charge on any atom is -0.410 e. The van der Waals surface area contributed by atoms with Gasteiger partial charge in [-0.15, -0.1) is 0 Å². The first-order chi connectivity index (χ1) is 7.54. The predicted octanol–water partition coefficient (Wildman–Crippen LogP) is 2.05. The SMILES string of the molecule is CCN(C)C(=O)Oc1ccc([N+](=O)[O-])cc1. The molecule has 0 saturated carbocycles. The molecule has 0 aliphatic heterocycles. The van der Waals surface area contributed by atoms with Crippen LogP contribution in [0.15, 0.2) is 24.3 Å². The van der Waals surface area contributed by atoms with E-state index in [-0.39, 0.29) is 11.4 Å². The molecule has 1 aromatic rings. The second-order valence-corrected chi connectivity index (χ2v) is 3.13. The molecule has 1 aromatic carbocycles. The molecule has 6 heteroatoms. The first-order valence-corrected chi connectivity index (χ1v) is 4.72. The summed E-state index contributed by atoms with van der Waals surface area (Å²) in [6.07, 6.45) is -0.489. The fourth-order valence-electron chi connectivity index (χ4n) is 0.944. The lowest BCUT2D eigenvalue weighted by atomic mass is 10.3. The molecule has 0 aromatic heterocycles. The van der Waals surface area contributed by atoms with Crippen LogP contribution in [0.3, 0.4) is 0 Å². The summed E-state index contributed by atoms with van der Waals surface area (Å²) in [5, 5.41) is 10.4. The molecule has 0 spiro atoms. The third-order valence-corrected chi connectivity index (χ3v) is 2.04. The van der Waals surface area contributed by atoms with Crippen molar-refractivity contribution in [1.29, 1.82) is 0 Å². The van der Waals surface area contributed by atoms with E-state index < -0.39 is 11.0 Å². The second kappa shape index (κ2) is 5.11. The zero-order valence-corrected chi connectivity index (χ0v) is 9.04. The van der Waals surface area contributed by atoms with Crippen LogP contribution < -0.4 is 4.74 Å². The molecule has 0 radical (unpaired) electrons. The van der Waals surface area contributed by atoms with Crippen molar-refractivity contribution in [3.8, 4) is 5.75 Å². The summed E-state index contributed by atoms with van der Waals surface area (Å²) >= 11 is 0. The van der Waals surface area contributed by atoms with Crippen LogP contribution in [-0.4, -0.2) is 29.5 Å². The van der Waals surface area contributed by atoms with Crippen molar-refractivity contribution in [2.24, 2.45) is 0 Å². The molecule has 0 fully saturated rings. The number of carbonyl (C=O) groups is 1. The Morgan fingerprint density at radius 2 is 2.00 bits per heavy atom. The summed E-state index contributed by atoms with van der Waals surface area (Å²) in [6.45, 7) is 2.35. The zero-order valence-electron chi connectivity index (χ0n) is 9.04. The van der Waals surface area contributed by atoms with Gasteiger partial charge in [-0.05, 0) is 19.1 Å². The molecular weight excluding hydrogens is 212 g/mol. The van der Waals surface area contributed by atoms with Crippen LogP contribution in [0.25, 0.3) is 0 Å². The third-order valence-electron chi connectivity index (χ3n) is 2.04. The lowest BCUT2D eigenvalue weighted by Gasteiger charge is -2.13. The Bertz CT molecular complexity index is 388. The number of hydrogen-bond donors (Lipinski definition) is 0. The van der Waals surface area contributed by atoms with E-state index in [4.69, 9.17) is 4.74 Å². The normalized spacial score (nSPS) is 9.62. The molecule has 0 unspecified atom stereocenters. The summed E-state index contributed by atoms with van der Waals surface area (Å²) in [5.74, 6) is 0.288. The van der Waals surface area contributed by atoms with Gasteiger partial charge >= 0.3 is 6.09 Å². The highest BCUT2D eigenvalue weighted by atomic mass is 16.6. The van der Waals surface area contributed by atoms with E-state index in [9.17, 15) is 14.9 Å². The average molecular weight is 224 g/mol. The predicted molar refractivity (Wildman–Crippen MR) is 57.4 cm³/mol. The summed E-state index contributed by atoms with van der Waals surface area (Å²) in [7, 11) is 1.60. The molecule has 1 rings (SSSR count). The van der Waals surface area contributed by atoms with E-state index in [1.54, 1.807) is 7.05 Å². The Balaban J connectivity index is 2.69. The maximum absolute atomic E-state index is 11.3. The molecule has 0 N–H and O–H groups in total. The van der Waals surface area contributed by atoms with Gasteiger partial charge in [-0.1, -0.05) is 0 Å². The number of carbonyl (C=O) groups excluding carboxylic acids is 1. The fourth-order valence-corrected chi connectivity index (χ4v) is 0.944. The van der Waals surface area contributed by atoms with E-state index >= 15 is 0 Å². The van der Waals surface area contributed by atoms with Crippen molar-refractivity contribution in [2.45, 2.75) is 6.92 Å². The summed E-state index contributed by atoms with van der Waals surface area (Å²) in [4.78, 5) is 22.6. The number of benzene rings is 1. The molecular formula is C10H12N2O4. The Morgan fingerprint density at radius 3 is 2.44 bits per heavy atom. The average Bonchev–Trinajstić information content (AvgIpc) is 2.28. The van der Waals surface area contributed by atoms with Crippen molar-refractivity contribution in [2.75, 3.05) is 13.6 Å². The zero-order chi connectivity index (χ0) is 12.1. The van der Waals surface area contributed by atoms with Gasteiger partial charge in [0.1, 0.15) is 5.75 Å². The number of non-ortho nitro benzene ring substituents is 1. The number of amides is 1. The number of ether oxygens (including phenoxy) is 1. The van der Waals surface area contributed by atoms with Crippen molar-refractivity contribution in [1.82, 2.24) is 4.90 Å². The van der Waals surface area contributed by atoms with E-state index in [1.807, 2.05) is 6.92 Å². The van der Waals surface area contributed by atoms with E-state index in [0.29, 0.717) is 6.54 Å². The van der Waals surface area contributed by atoms with Gasteiger partial charge in [0.25, 0.3) is 5.69 Å². The third kappa shape index (κ3) is 2.94. The molecule has 0 heterocycles. The van der Waals surface area contributed by atoms with E-state index in [1.165, 1.54) is 29.2 Å². The van der Waals surface area contributed by atoms with Crippen LogP contribution in [0.4, 0.5) is 10.5 Å². The Kier molecular flexibility index (Phi) is 3.82. The maximum Gasteiger partial charge on any atom is 0.414 e. The van der Waals surface area contributed by atoms with Crippen molar-refractivity contribution >= 4 is 11.8 Å². The van der Waals surface area contributed by atoms with Crippen LogP contribution in [0.1, 0.15) is 6.92 Å². The number of nitro benzene ring substituents is 1. The number of rotatable bonds is 3. The van der Waals surface area contributed by atoms with Gasteiger partial charge in [0.15, 0.2) is 0 Å². The highest BCUT2D eigenvalue weighted by Crippen LogP contribution is 2.17.